The fourth-order valence-corrected chi connectivity index (χ4v) is 2.37. The lowest BCUT2D eigenvalue weighted by Gasteiger charge is -2.32. The van der Waals surface area contributed by atoms with Gasteiger partial charge in [0.2, 0.25) is 0 Å². The van der Waals surface area contributed by atoms with Crippen molar-refractivity contribution >= 4 is 11.9 Å². The smallest absolute Gasteiger partial charge is 0.335 e. The molecule has 2 atom stereocenters. The molecule has 2 unspecified atom stereocenters. The van der Waals surface area contributed by atoms with Crippen LogP contribution in [-0.4, -0.2) is 40.7 Å². The van der Waals surface area contributed by atoms with E-state index in [0.29, 0.717) is 12.5 Å². The van der Waals surface area contributed by atoms with Crippen molar-refractivity contribution in [3.8, 4) is 0 Å². The number of hydrogen-bond acceptors (Lipinski definition) is 4. The van der Waals surface area contributed by atoms with Gasteiger partial charge in [-0.25, -0.2) is 4.79 Å². The minimum absolute atomic E-state index is 0.0361. The molecule has 6 heteroatoms. The van der Waals surface area contributed by atoms with Gasteiger partial charge in [-0.3, -0.25) is 9.78 Å². The van der Waals surface area contributed by atoms with E-state index in [4.69, 9.17) is 9.84 Å². The number of carbonyl (C=O) groups excluding carboxylic acids is 1. The van der Waals surface area contributed by atoms with Crippen molar-refractivity contribution in [2.24, 2.45) is 5.92 Å². The highest BCUT2D eigenvalue weighted by atomic mass is 16.5. The van der Waals surface area contributed by atoms with E-state index in [-0.39, 0.29) is 29.3 Å². The molecule has 1 aromatic heterocycles. The number of amides is 1. The maximum absolute atomic E-state index is 12.2. The Kier molecular flexibility index (Phi) is 4.90. The molecule has 0 aliphatic carbocycles. The van der Waals surface area contributed by atoms with Crippen LogP contribution in [0, 0.1) is 5.92 Å². The SMILES string of the molecule is CC(C)C1CC(NC(=O)c2cc(C(=O)O)ccn2)CCO1. The van der Waals surface area contributed by atoms with Gasteiger partial charge in [-0.05, 0) is 30.9 Å². The first-order valence-corrected chi connectivity index (χ1v) is 7.09. The minimum atomic E-state index is -1.07. The van der Waals surface area contributed by atoms with E-state index >= 15 is 0 Å². The Bertz CT molecular complexity index is 530. The lowest BCUT2D eigenvalue weighted by molar-refractivity contribution is -0.0233. The molecule has 0 aromatic carbocycles. The predicted octanol–water partition coefficient (Wildman–Crippen LogP) is 1.71. The fraction of sp³-hybridized carbons (Fsp3) is 0.533. The zero-order chi connectivity index (χ0) is 15.4. The molecule has 1 fully saturated rings. The number of rotatable bonds is 4. The molecule has 6 nitrogen and oxygen atoms in total. The topological polar surface area (TPSA) is 88.5 Å². The van der Waals surface area contributed by atoms with Crippen molar-refractivity contribution in [2.75, 3.05) is 6.61 Å². The molecule has 21 heavy (non-hydrogen) atoms. The average molecular weight is 292 g/mol. The number of aromatic carboxylic acids is 1. The number of carboxylic acids is 1. The van der Waals surface area contributed by atoms with Crippen LogP contribution >= 0.6 is 0 Å². The van der Waals surface area contributed by atoms with Crippen molar-refractivity contribution in [1.82, 2.24) is 10.3 Å². The van der Waals surface area contributed by atoms with Gasteiger partial charge >= 0.3 is 5.97 Å². The number of hydrogen-bond donors (Lipinski definition) is 2. The zero-order valence-corrected chi connectivity index (χ0v) is 12.2. The van der Waals surface area contributed by atoms with Gasteiger partial charge in [-0.2, -0.15) is 0 Å². The lowest BCUT2D eigenvalue weighted by atomic mass is 9.95. The summed E-state index contributed by atoms with van der Waals surface area (Å²) in [6.07, 6.45) is 3.00. The third-order valence-electron chi connectivity index (χ3n) is 3.63. The summed E-state index contributed by atoms with van der Waals surface area (Å²) in [4.78, 5) is 27.0. The van der Waals surface area contributed by atoms with Crippen LogP contribution in [0.1, 0.15) is 47.5 Å². The Morgan fingerprint density at radius 3 is 2.90 bits per heavy atom. The van der Waals surface area contributed by atoms with Gasteiger partial charge in [0, 0.05) is 18.8 Å². The number of nitrogens with one attached hydrogen (secondary N) is 1. The van der Waals surface area contributed by atoms with Crippen molar-refractivity contribution in [2.45, 2.75) is 38.8 Å². The van der Waals surface area contributed by atoms with Gasteiger partial charge in [-0.15, -0.1) is 0 Å². The Balaban J connectivity index is 2.01. The summed E-state index contributed by atoms with van der Waals surface area (Å²) in [5.41, 5.74) is 0.185. The van der Waals surface area contributed by atoms with Crippen LogP contribution in [0.3, 0.4) is 0 Å². The molecule has 0 bridgehead atoms. The summed E-state index contributed by atoms with van der Waals surface area (Å²) in [6, 6.07) is 2.69. The van der Waals surface area contributed by atoms with Gasteiger partial charge in [0.25, 0.3) is 5.91 Å². The monoisotopic (exact) mass is 292 g/mol. The summed E-state index contributed by atoms with van der Waals surface area (Å²) in [6.45, 7) is 4.80. The first kappa shape index (κ1) is 15.4. The van der Waals surface area contributed by atoms with E-state index in [0.717, 1.165) is 12.8 Å². The van der Waals surface area contributed by atoms with Gasteiger partial charge < -0.3 is 15.2 Å². The summed E-state index contributed by atoms with van der Waals surface area (Å²) < 4.78 is 5.66. The van der Waals surface area contributed by atoms with Gasteiger partial charge in [0.05, 0.1) is 11.7 Å². The van der Waals surface area contributed by atoms with Gasteiger partial charge in [-0.1, -0.05) is 13.8 Å². The van der Waals surface area contributed by atoms with E-state index in [2.05, 4.69) is 24.1 Å². The van der Waals surface area contributed by atoms with Crippen LogP contribution < -0.4 is 5.32 Å². The molecule has 2 N–H and O–H groups in total. The lowest BCUT2D eigenvalue weighted by Crippen LogP contribution is -2.43. The van der Waals surface area contributed by atoms with Crippen LogP contribution in [0.25, 0.3) is 0 Å². The number of carbonyl (C=O) groups is 2. The first-order valence-electron chi connectivity index (χ1n) is 7.09. The molecule has 2 heterocycles. The zero-order valence-electron chi connectivity index (χ0n) is 12.2. The molecule has 1 aliphatic heterocycles. The molecular weight excluding hydrogens is 272 g/mol. The highest BCUT2D eigenvalue weighted by Gasteiger charge is 2.26. The molecule has 1 aliphatic rings. The Hall–Kier alpha value is -1.95. The Morgan fingerprint density at radius 2 is 2.24 bits per heavy atom. The predicted molar refractivity (Wildman–Crippen MR) is 76.3 cm³/mol. The van der Waals surface area contributed by atoms with Gasteiger partial charge in [0.15, 0.2) is 0 Å². The molecule has 1 saturated heterocycles. The molecule has 1 aromatic rings. The second kappa shape index (κ2) is 6.67. The summed E-state index contributed by atoms with van der Waals surface area (Å²) in [5.74, 6) is -1.01. The number of nitrogens with zero attached hydrogens (tertiary/aromatic N) is 1. The first-order chi connectivity index (χ1) is 9.97. The average Bonchev–Trinajstić information content (AvgIpc) is 2.47. The minimum Gasteiger partial charge on any atom is -0.478 e. The van der Waals surface area contributed by atoms with E-state index in [1.807, 2.05) is 0 Å². The Labute approximate surface area is 123 Å². The van der Waals surface area contributed by atoms with Crippen molar-refractivity contribution < 1.29 is 19.4 Å². The number of carboxylic acid groups (broad SMARTS) is 1. The van der Waals surface area contributed by atoms with Crippen molar-refractivity contribution in [3.05, 3.63) is 29.6 Å². The molecule has 114 valence electrons. The van der Waals surface area contributed by atoms with Crippen LogP contribution in [0.2, 0.25) is 0 Å². The molecule has 0 spiro atoms. The number of ether oxygens (including phenoxy) is 1. The fourth-order valence-electron chi connectivity index (χ4n) is 2.37. The second-order valence-corrected chi connectivity index (χ2v) is 5.58. The third-order valence-corrected chi connectivity index (χ3v) is 3.63. The third kappa shape index (κ3) is 4.01. The highest BCUT2D eigenvalue weighted by Crippen LogP contribution is 2.20. The maximum Gasteiger partial charge on any atom is 0.335 e. The normalized spacial score (nSPS) is 22.0. The second-order valence-electron chi connectivity index (χ2n) is 5.58. The van der Waals surface area contributed by atoms with Crippen molar-refractivity contribution in [3.63, 3.8) is 0 Å². The van der Waals surface area contributed by atoms with Crippen molar-refractivity contribution in [1.29, 1.82) is 0 Å². The summed E-state index contributed by atoms with van der Waals surface area (Å²) in [5, 5.41) is 11.8. The van der Waals surface area contributed by atoms with E-state index in [9.17, 15) is 9.59 Å². The van der Waals surface area contributed by atoms with Crippen LogP contribution in [0.4, 0.5) is 0 Å². The highest BCUT2D eigenvalue weighted by molar-refractivity contribution is 5.95. The van der Waals surface area contributed by atoms with E-state index in [1.54, 1.807) is 0 Å². The van der Waals surface area contributed by atoms with Crippen LogP contribution in [-0.2, 0) is 4.74 Å². The largest absolute Gasteiger partial charge is 0.478 e. The molecular formula is C15H20N2O4. The number of aromatic nitrogens is 1. The number of pyridine rings is 1. The summed E-state index contributed by atoms with van der Waals surface area (Å²) >= 11 is 0. The van der Waals surface area contributed by atoms with Crippen LogP contribution in [0.5, 0.6) is 0 Å². The quantitative estimate of drug-likeness (QED) is 0.882. The van der Waals surface area contributed by atoms with Crippen LogP contribution in [0.15, 0.2) is 18.3 Å². The summed E-state index contributed by atoms with van der Waals surface area (Å²) in [7, 11) is 0. The van der Waals surface area contributed by atoms with E-state index in [1.165, 1.54) is 18.3 Å². The molecule has 0 radical (unpaired) electrons. The Morgan fingerprint density at radius 1 is 1.48 bits per heavy atom. The van der Waals surface area contributed by atoms with Gasteiger partial charge in [0.1, 0.15) is 5.69 Å². The standard InChI is InChI=1S/C15H20N2O4/c1-9(2)13-8-11(4-6-21-13)17-14(18)12-7-10(15(19)20)3-5-16-12/h3,5,7,9,11,13H,4,6,8H2,1-2H3,(H,17,18)(H,19,20). The molecule has 1 amide bonds. The van der Waals surface area contributed by atoms with E-state index < -0.39 is 5.97 Å². The molecule has 2 rings (SSSR count). The maximum atomic E-state index is 12.2. The molecule has 0 saturated carbocycles.